The largest absolute Gasteiger partial charge is 0.464 e. The summed E-state index contributed by atoms with van der Waals surface area (Å²) in [5.74, 6) is 2.27. The van der Waals surface area contributed by atoms with Gasteiger partial charge in [-0.2, -0.15) is 0 Å². The summed E-state index contributed by atoms with van der Waals surface area (Å²) < 4.78 is 19.6. The predicted octanol–water partition coefficient (Wildman–Crippen LogP) is 11.3. The van der Waals surface area contributed by atoms with Gasteiger partial charge in [-0.1, -0.05) is 115 Å². The van der Waals surface area contributed by atoms with E-state index in [0.29, 0.717) is 34.4 Å². The summed E-state index contributed by atoms with van der Waals surface area (Å²) in [7, 11) is 0. The van der Waals surface area contributed by atoms with Crippen molar-refractivity contribution in [3.63, 3.8) is 0 Å². The van der Waals surface area contributed by atoms with E-state index in [1.165, 1.54) is 5.39 Å². The van der Waals surface area contributed by atoms with Gasteiger partial charge in [-0.15, -0.1) is 0 Å². The predicted molar refractivity (Wildman–Crippen MR) is 202 cm³/mol. The van der Waals surface area contributed by atoms with Crippen LogP contribution in [0.3, 0.4) is 0 Å². The molecule has 0 radical (unpaired) electrons. The average molecular weight is 659 g/mol. The van der Waals surface area contributed by atoms with Crippen molar-refractivity contribution in [2.24, 2.45) is 0 Å². The lowest BCUT2D eigenvalue weighted by Crippen LogP contribution is -2.09. The molecule has 240 valence electrons. The number of aromatic nitrogens is 3. The Hall–Kier alpha value is -6.99. The molecule has 51 heavy (non-hydrogen) atoms. The zero-order chi connectivity index (χ0) is 33.5. The number of fused-ring (bicyclic) bond motifs is 9. The number of nitrogens with one attached hydrogen (secondary N) is 1. The van der Waals surface area contributed by atoms with E-state index in [0.717, 1.165) is 66.1 Å². The zero-order valence-electron chi connectivity index (χ0n) is 27.0. The first-order valence-electron chi connectivity index (χ1n) is 16.9. The standard InChI is InChI=1S/C44H26N4O3/c1-2-12-26(13-3-1)41-46-42(31-17-10-20-35-37(31)29-15-6-8-18-33(29)49-35)48-43(47-41)32-24-36-39(38-30-16-7-9-19-34(30)50-40(32)38)45-44(51-36)28-22-21-25-11-4-5-14-27(25)23-28/h1-24,44-45H. The second-order valence-corrected chi connectivity index (χ2v) is 12.8. The SMILES string of the molecule is c1ccc(-c2nc(-c3cc4c(c5c3oc3ccccc35)NC(c3ccc5ccccc5c3)O4)nc(-c3cccc4oc5ccccc5c34)n2)cc1. The maximum atomic E-state index is 6.72. The lowest BCUT2D eigenvalue weighted by atomic mass is 10.0. The molecule has 1 unspecified atom stereocenters. The Morgan fingerprint density at radius 1 is 0.490 bits per heavy atom. The number of ether oxygens (including phenoxy) is 1. The lowest BCUT2D eigenvalue weighted by Gasteiger charge is -2.12. The molecule has 7 aromatic carbocycles. The number of furan rings is 2. The molecular formula is C44H26N4O3. The molecule has 3 aromatic heterocycles. The van der Waals surface area contributed by atoms with Gasteiger partial charge < -0.3 is 18.9 Å². The van der Waals surface area contributed by atoms with Gasteiger partial charge in [0.25, 0.3) is 0 Å². The van der Waals surface area contributed by atoms with Gasteiger partial charge in [0.05, 0.1) is 16.6 Å². The first kappa shape index (κ1) is 27.9. The topological polar surface area (TPSA) is 86.2 Å². The summed E-state index contributed by atoms with van der Waals surface area (Å²) >= 11 is 0. The normalized spacial score (nSPS) is 14.0. The van der Waals surface area contributed by atoms with Gasteiger partial charge in [-0.3, -0.25) is 0 Å². The first-order valence-corrected chi connectivity index (χ1v) is 16.9. The molecule has 0 amide bonds. The van der Waals surface area contributed by atoms with Gasteiger partial charge in [0.15, 0.2) is 23.7 Å². The number of para-hydroxylation sites is 2. The van der Waals surface area contributed by atoms with Gasteiger partial charge in [0.1, 0.15) is 28.1 Å². The van der Waals surface area contributed by atoms with E-state index in [-0.39, 0.29) is 0 Å². The Labute approximate surface area is 290 Å². The van der Waals surface area contributed by atoms with Crippen molar-refractivity contribution in [3.8, 4) is 39.9 Å². The van der Waals surface area contributed by atoms with Gasteiger partial charge in [0, 0.05) is 32.8 Å². The van der Waals surface area contributed by atoms with Crippen LogP contribution in [0.2, 0.25) is 0 Å². The molecular weight excluding hydrogens is 633 g/mol. The van der Waals surface area contributed by atoms with E-state index in [9.17, 15) is 0 Å². The first-order chi connectivity index (χ1) is 25.2. The molecule has 10 aromatic rings. The van der Waals surface area contributed by atoms with Gasteiger partial charge in [0.2, 0.25) is 0 Å². The fourth-order valence-electron chi connectivity index (χ4n) is 7.38. The molecule has 1 N–H and O–H groups in total. The maximum absolute atomic E-state index is 6.72. The summed E-state index contributed by atoms with van der Waals surface area (Å²) in [5.41, 5.74) is 7.38. The molecule has 7 heteroatoms. The Morgan fingerprint density at radius 2 is 1.16 bits per heavy atom. The van der Waals surface area contributed by atoms with Crippen LogP contribution in [0.15, 0.2) is 154 Å². The highest BCUT2D eigenvalue weighted by molar-refractivity contribution is 6.17. The van der Waals surface area contributed by atoms with E-state index < -0.39 is 6.23 Å². The van der Waals surface area contributed by atoms with Crippen LogP contribution in [0.25, 0.3) is 88.8 Å². The summed E-state index contributed by atoms with van der Waals surface area (Å²) in [4.78, 5) is 15.4. The van der Waals surface area contributed by atoms with Crippen molar-refractivity contribution in [2.75, 3.05) is 5.32 Å². The number of benzene rings is 7. The minimum absolute atomic E-state index is 0.391. The minimum Gasteiger partial charge on any atom is -0.464 e. The van der Waals surface area contributed by atoms with E-state index in [1.807, 2.05) is 91.0 Å². The fraction of sp³-hybridized carbons (Fsp3) is 0.0227. The molecule has 0 fully saturated rings. The Bertz CT molecular complexity index is 3000. The van der Waals surface area contributed by atoms with Crippen LogP contribution in [0.1, 0.15) is 11.8 Å². The number of hydrogen-bond donors (Lipinski definition) is 1. The van der Waals surface area contributed by atoms with Gasteiger partial charge in [-0.25, -0.2) is 15.0 Å². The minimum atomic E-state index is -0.391. The highest BCUT2D eigenvalue weighted by atomic mass is 16.5. The third kappa shape index (κ3) is 4.35. The molecule has 1 aliphatic rings. The van der Waals surface area contributed by atoms with Crippen LogP contribution in [0.4, 0.5) is 5.69 Å². The van der Waals surface area contributed by atoms with Crippen molar-refractivity contribution in [1.82, 2.24) is 15.0 Å². The highest BCUT2D eigenvalue weighted by Crippen LogP contribution is 2.50. The number of rotatable bonds is 4. The van der Waals surface area contributed by atoms with E-state index in [2.05, 4.69) is 59.9 Å². The molecule has 0 spiro atoms. The third-order valence-electron chi connectivity index (χ3n) is 9.76. The Morgan fingerprint density at radius 3 is 2.00 bits per heavy atom. The van der Waals surface area contributed by atoms with Crippen molar-refractivity contribution in [1.29, 1.82) is 0 Å². The molecule has 0 bridgehead atoms. The molecule has 11 rings (SSSR count). The van der Waals surface area contributed by atoms with Crippen LogP contribution in [-0.4, -0.2) is 15.0 Å². The summed E-state index contributed by atoms with van der Waals surface area (Å²) in [5, 5.41) is 9.88. The molecule has 0 saturated carbocycles. The Balaban J connectivity index is 1.15. The molecule has 0 saturated heterocycles. The number of nitrogens with zero attached hydrogens (tertiary/aromatic N) is 3. The molecule has 4 heterocycles. The smallest absolute Gasteiger partial charge is 0.196 e. The lowest BCUT2D eigenvalue weighted by molar-refractivity contribution is 0.260. The van der Waals surface area contributed by atoms with Crippen molar-refractivity contribution in [2.45, 2.75) is 6.23 Å². The quantitative estimate of drug-likeness (QED) is 0.201. The summed E-state index contributed by atoms with van der Waals surface area (Å²) in [6, 6.07) is 48.9. The van der Waals surface area contributed by atoms with Crippen molar-refractivity contribution < 1.29 is 13.6 Å². The van der Waals surface area contributed by atoms with Gasteiger partial charge in [-0.05, 0) is 41.1 Å². The third-order valence-corrected chi connectivity index (χ3v) is 9.76. The van der Waals surface area contributed by atoms with Crippen molar-refractivity contribution >= 4 is 60.3 Å². The second kappa shape index (κ2) is 10.8. The molecule has 0 aliphatic carbocycles. The van der Waals surface area contributed by atoms with E-state index in [1.54, 1.807) is 0 Å². The van der Waals surface area contributed by atoms with Crippen LogP contribution in [0.5, 0.6) is 5.75 Å². The van der Waals surface area contributed by atoms with Crippen LogP contribution < -0.4 is 10.1 Å². The molecule has 7 nitrogen and oxygen atoms in total. The Kier molecular flexibility index (Phi) is 5.89. The molecule has 1 aliphatic heterocycles. The second-order valence-electron chi connectivity index (χ2n) is 12.8. The highest BCUT2D eigenvalue weighted by Gasteiger charge is 2.31. The maximum Gasteiger partial charge on any atom is 0.196 e. The van der Waals surface area contributed by atoms with Crippen LogP contribution in [-0.2, 0) is 0 Å². The summed E-state index contributed by atoms with van der Waals surface area (Å²) in [6.45, 7) is 0. The number of hydrogen-bond acceptors (Lipinski definition) is 7. The van der Waals surface area contributed by atoms with Crippen LogP contribution in [0, 0.1) is 0 Å². The van der Waals surface area contributed by atoms with Gasteiger partial charge >= 0.3 is 0 Å². The molecule has 1 atom stereocenters. The van der Waals surface area contributed by atoms with Crippen molar-refractivity contribution in [3.05, 3.63) is 151 Å². The zero-order valence-corrected chi connectivity index (χ0v) is 27.0. The fourth-order valence-corrected chi connectivity index (χ4v) is 7.38. The monoisotopic (exact) mass is 658 g/mol. The van der Waals surface area contributed by atoms with Crippen LogP contribution >= 0.6 is 0 Å². The summed E-state index contributed by atoms with van der Waals surface area (Å²) in [6.07, 6.45) is -0.391. The van der Waals surface area contributed by atoms with E-state index >= 15 is 0 Å². The van der Waals surface area contributed by atoms with E-state index in [4.69, 9.17) is 28.5 Å². The number of anilines is 1. The average Bonchev–Trinajstić information content (AvgIpc) is 3.91.